The van der Waals surface area contributed by atoms with Gasteiger partial charge in [0.15, 0.2) is 0 Å². The monoisotopic (exact) mass is 360 g/mol. The SMILES string of the molecule is CC1CC(=O)NC(N2CCC(NC(=O)COCc3ccccc3)CC2)N1. The number of carbonyl (C=O) groups is 2. The maximum absolute atomic E-state index is 12.1. The van der Waals surface area contributed by atoms with Gasteiger partial charge in [0.1, 0.15) is 12.9 Å². The highest BCUT2D eigenvalue weighted by Crippen LogP contribution is 2.14. The number of likely N-dealkylation sites (tertiary alicyclic amines) is 1. The van der Waals surface area contributed by atoms with Crippen LogP contribution in [-0.4, -0.2) is 54.8 Å². The second-order valence-corrected chi connectivity index (χ2v) is 7.10. The largest absolute Gasteiger partial charge is 0.367 e. The highest BCUT2D eigenvalue weighted by atomic mass is 16.5. The number of nitrogens with zero attached hydrogens (tertiary/aromatic N) is 1. The van der Waals surface area contributed by atoms with Crippen molar-refractivity contribution in [1.82, 2.24) is 20.9 Å². The molecule has 2 aliphatic heterocycles. The van der Waals surface area contributed by atoms with Gasteiger partial charge < -0.3 is 15.4 Å². The fraction of sp³-hybridized carbons (Fsp3) is 0.579. The summed E-state index contributed by atoms with van der Waals surface area (Å²) in [5.41, 5.74) is 1.06. The Hall–Kier alpha value is -1.96. The van der Waals surface area contributed by atoms with E-state index in [1.165, 1.54) is 0 Å². The van der Waals surface area contributed by atoms with Crippen LogP contribution in [0.2, 0.25) is 0 Å². The number of rotatable bonds is 6. The molecule has 2 atom stereocenters. The van der Waals surface area contributed by atoms with Gasteiger partial charge in [-0.1, -0.05) is 30.3 Å². The lowest BCUT2D eigenvalue weighted by Crippen LogP contribution is -2.65. The fourth-order valence-corrected chi connectivity index (χ4v) is 3.46. The quantitative estimate of drug-likeness (QED) is 0.691. The number of nitrogens with one attached hydrogen (secondary N) is 3. The number of benzene rings is 1. The van der Waals surface area contributed by atoms with Crippen molar-refractivity contribution in [2.24, 2.45) is 0 Å². The van der Waals surface area contributed by atoms with Crippen LogP contribution in [0.25, 0.3) is 0 Å². The average molecular weight is 360 g/mol. The molecule has 2 heterocycles. The van der Waals surface area contributed by atoms with Gasteiger partial charge in [0.25, 0.3) is 0 Å². The van der Waals surface area contributed by atoms with Gasteiger partial charge in [-0.05, 0) is 25.3 Å². The van der Waals surface area contributed by atoms with Crippen molar-refractivity contribution in [2.45, 2.75) is 51.2 Å². The van der Waals surface area contributed by atoms with Gasteiger partial charge >= 0.3 is 0 Å². The maximum atomic E-state index is 12.1. The van der Waals surface area contributed by atoms with Crippen LogP contribution in [0.4, 0.5) is 0 Å². The summed E-state index contributed by atoms with van der Waals surface area (Å²) < 4.78 is 5.48. The number of amides is 2. The smallest absolute Gasteiger partial charge is 0.246 e. The van der Waals surface area contributed by atoms with Crippen molar-refractivity contribution in [1.29, 1.82) is 0 Å². The second kappa shape index (κ2) is 9.12. The lowest BCUT2D eigenvalue weighted by Gasteiger charge is -2.41. The Morgan fingerprint density at radius 3 is 2.69 bits per heavy atom. The van der Waals surface area contributed by atoms with Crippen molar-refractivity contribution < 1.29 is 14.3 Å². The minimum atomic E-state index is -0.0999. The molecular formula is C19H28N4O3. The highest BCUT2D eigenvalue weighted by molar-refractivity contribution is 5.78. The molecule has 0 bridgehead atoms. The van der Waals surface area contributed by atoms with Crippen molar-refractivity contribution in [3.05, 3.63) is 35.9 Å². The van der Waals surface area contributed by atoms with E-state index in [0.29, 0.717) is 13.0 Å². The molecule has 2 amide bonds. The second-order valence-electron chi connectivity index (χ2n) is 7.10. The first-order chi connectivity index (χ1) is 12.6. The zero-order valence-corrected chi connectivity index (χ0v) is 15.2. The van der Waals surface area contributed by atoms with Crippen molar-refractivity contribution in [3.63, 3.8) is 0 Å². The number of carbonyl (C=O) groups excluding carboxylic acids is 2. The summed E-state index contributed by atoms with van der Waals surface area (Å²) in [6.07, 6.45) is 2.16. The molecule has 2 fully saturated rings. The molecule has 3 rings (SSSR count). The summed E-state index contributed by atoms with van der Waals surface area (Å²) >= 11 is 0. The molecule has 0 spiro atoms. The van der Waals surface area contributed by atoms with Crippen LogP contribution in [0.5, 0.6) is 0 Å². The van der Waals surface area contributed by atoms with Gasteiger partial charge in [0.05, 0.1) is 6.61 Å². The standard InChI is InChI=1S/C19H28N4O3/c1-14-11-17(24)22-19(20-14)23-9-7-16(8-10-23)21-18(25)13-26-12-15-5-3-2-4-6-15/h2-6,14,16,19-20H,7-13H2,1H3,(H,21,25)(H,22,24). The van der Waals surface area contributed by atoms with Gasteiger partial charge in [0, 0.05) is 31.6 Å². The summed E-state index contributed by atoms with van der Waals surface area (Å²) in [5, 5.41) is 9.43. The first-order valence-electron chi connectivity index (χ1n) is 9.30. The van der Waals surface area contributed by atoms with Gasteiger partial charge in [-0.3, -0.25) is 19.8 Å². The average Bonchev–Trinajstić information content (AvgIpc) is 2.62. The van der Waals surface area contributed by atoms with Crippen LogP contribution in [0, 0.1) is 0 Å². The molecule has 2 saturated heterocycles. The summed E-state index contributed by atoms with van der Waals surface area (Å²) in [4.78, 5) is 26.0. The summed E-state index contributed by atoms with van der Waals surface area (Å²) in [6, 6.07) is 10.2. The molecule has 142 valence electrons. The molecule has 26 heavy (non-hydrogen) atoms. The van der Waals surface area contributed by atoms with Crippen LogP contribution in [0.3, 0.4) is 0 Å². The highest BCUT2D eigenvalue weighted by Gasteiger charge is 2.30. The molecule has 2 aliphatic rings. The van der Waals surface area contributed by atoms with Crippen LogP contribution in [0.15, 0.2) is 30.3 Å². The van der Waals surface area contributed by atoms with Crippen LogP contribution in [0.1, 0.15) is 31.7 Å². The molecule has 0 aliphatic carbocycles. The van der Waals surface area contributed by atoms with E-state index in [-0.39, 0.29) is 36.8 Å². The van der Waals surface area contributed by atoms with Crippen molar-refractivity contribution >= 4 is 11.8 Å². The molecule has 2 unspecified atom stereocenters. The van der Waals surface area contributed by atoms with E-state index in [9.17, 15) is 9.59 Å². The predicted molar refractivity (Wildman–Crippen MR) is 98.0 cm³/mol. The van der Waals surface area contributed by atoms with E-state index in [4.69, 9.17) is 4.74 Å². The van der Waals surface area contributed by atoms with Gasteiger partial charge in [0.2, 0.25) is 11.8 Å². The molecule has 0 aromatic heterocycles. The lowest BCUT2D eigenvalue weighted by atomic mass is 10.0. The normalized spacial score (nSPS) is 24.9. The third kappa shape index (κ3) is 5.52. The third-order valence-electron chi connectivity index (χ3n) is 4.84. The molecule has 0 radical (unpaired) electrons. The molecular weight excluding hydrogens is 332 g/mol. The van der Waals surface area contributed by atoms with E-state index in [2.05, 4.69) is 20.9 Å². The number of piperidine rings is 1. The molecule has 0 saturated carbocycles. The van der Waals surface area contributed by atoms with E-state index in [1.807, 2.05) is 37.3 Å². The van der Waals surface area contributed by atoms with Crippen LogP contribution >= 0.6 is 0 Å². The first-order valence-corrected chi connectivity index (χ1v) is 9.30. The minimum absolute atomic E-state index is 0.0721. The van der Waals surface area contributed by atoms with Crippen LogP contribution in [-0.2, 0) is 20.9 Å². The Balaban J connectivity index is 1.34. The molecule has 7 heteroatoms. The Kier molecular flexibility index (Phi) is 6.60. The number of ether oxygens (including phenoxy) is 1. The fourth-order valence-electron chi connectivity index (χ4n) is 3.46. The minimum Gasteiger partial charge on any atom is -0.367 e. The zero-order valence-electron chi connectivity index (χ0n) is 15.2. The molecule has 7 nitrogen and oxygen atoms in total. The summed E-state index contributed by atoms with van der Waals surface area (Å²) in [6.45, 7) is 4.21. The van der Waals surface area contributed by atoms with E-state index < -0.39 is 0 Å². The predicted octanol–water partition coefficient (Wildman–Crippen LogP) is 0.565. The van der Waals surface area contributed by atoms with Gasteiger partial charge in [-0.15, -0.1) is 0 Å². The first kappa shape index (κ1) is 18.8. The zero-order chi connectivity index (χ0) is 18.4. The number of hydrogen-bond donors (Lipinski definition) is 3. The van der Waals surface area contributed by atoms with Gasteiger partial charge in [-0.25, -0.2) is 0 Å². The van der Waals surface area contributed by atoms with E-state index >= 15 is 0 Å². The summed E-state index contributed by atoms with van der Waals surface area (Å²) in [7, 11) is 0. The molecule has 1 aromatic rings. The topological polar surface area (TPSA) is 82.7 Å². The Bertz CT molecular complexity index is 602. The van der Waals surface area contributed by atoms with E-state index in [0.717, 1.165) is 31.5 Å². The Labute approximate surface area is 154 Å². The summed E-state index contributed by atoms with van der Waals surface area (Å²) in [5.74, 6) is 0.0179. The van der Waals surface area contributed by atoms with Crippen molar-refractivity contribution in [3.8, 4) is 0 Å². The molecule has 3 N–H and O–H groups in total. The Morgan fingerprint density at radius 1 is 1.27 bits per heavy atom. The van der Waals surface area contributed by atoms with Gasteiger partial charge in [-0.2, -0.15) is 0 Å². The third-order valence-corrected chi connectivity index (χ3v) is 4.84. The maximum Gasteiger partial charge on any atom is 0.246 e. The van der Waals surface area contributed by atoms with Crippen LogP contribution < -0.4 is 16.0 Å². The Morgan fingerprint density at radius 2 is 2.00 bits per heavy atom. The lowest BCUT2D eigenvalue weighted by molar-refractivity contribution is -0.127. The molecule has 1 aromatic carbocycles. The van der Waals surface area contributed by atoms with E-state index in [1.54, 1.807) is 0 Å². The van der Waals surface area contributed by atoms with Crippen molar-refractivity contribution in [2.75, 3.05) is 19.7 Å². The number of hydrogen-bond acceptors (Lipinski definition) is 5.